The minimum Gasteiger partial charge on any atom is -0.273 e. The van der Waals surface area contributed by atoms with E-state index >= 15 is 0 Å². The molecule has 0 N–H and O–H groups in total. The van der Waals surface area contributed by atoms with Gasteiger partial charge in [-0.2, -0.15) is 0 Å². The van der Waals surface area contributed by atoms with Crippen molar-refractivity contribution in [2.45, 2.75) is 44.7 Å². The third kappa shape index (κ3) is 11.9. The fourth-order valence-corrected chi connectivity index (χ4v) is 1.94. The van der Waals surface area contributed by atoms with Gasteiger partial charge in [-0.25, -0.2) is 0 Å². The average molecular weight is 399 g/mol. The molecule has 0 aliphatic heterocycles. The topological polar surface area (TPSA) is 103 Å². The second-order valence-corrected chi connectivity index (χ2v) is 5.79. The van der Waals surface area contributed by atoms with Gasteiger partial charge in [0.1, 0.15) is 16.3 Å². The van der Waals surface area contributed by atoms with Crippen molar-refractivity contribution < 1.29 is 14.6 Å². The molecule has 1 radical (unpaired) electrons. The van der Waals surface area contributed by atoms with E-state index < -0.39 is 21.9 Å². The normalized spacial score (nSPS) is 13.4. The lowest BCUT2D eigenvalue weighted by Gasteiger charge is -2.06. The molecular formula is C22H27N2O5. The molecule has 0 bridgehead atoms. The van der Waals surface area contributed by atoms with Crippen molar-refractivity contribution in [2.24, 2.45) is 0 Å². The summed E-state index contributed by atoms with van der Waals surface area (Å²) in [6.07, 6.45) is 30.0. The molecule has 0 aliphatic carbocycles. The molecule has 0 aromatic heterocycles. The number of rotatable bonds is 15. The molecule has 155 valence electrons. The highest BCUT2D eigenvalue weighted by Gasteiger charge is 2.56. The summed E-state index contributed by atoms with van der Waals surface area (Å²) in [5, 5.41) is 21.5. The first-order chi connectivity index (χ1) is 14.0. The fourth-order valence-electron chi connectivity index (χ4n) is 1.94. The van der Waals surface area contributed by atoms with Crippen LogP contribution in [0, 0.1) is 20.2 Å². The lowest BCUT2D eigenvalue weighted by Crippen LogP contribution is -2.47. The minimum atomic E-state index is -2.93. The maximum atomic E-state index is 10.7. The Morgan fingerprint density at radius 2 is 1.10 bits per heavy atom. The Balaban J connectivity index is 4.13. The van der Waals surface area contributed by atoms with Crippen LogP contribution >= 0.6 is 0 Å². The summed E-state index contributed by atoms with van der Waals surface area (Å²) >= 11 is 0. The van der Waals surface area contributed by atoms with E-state index in [2.05, 4.69) is 37.3 Å². The van der Waals surface area contributed by atoms with E-state index in [4.69, 9.17) is 0 Å². The van der Waals surface area contributed by atoms with Gasteiger partial charge in [-0.15, -0.1) is 0 Å². The highest BCUT2D eigenvalue weighted by Crippen LogP contribution is 2.14. The molecule has 0 rings (SSSR count). The van der Waals surface area contributed by atoms with Gasteiger partial charge in [0.2, 0.25) is 0 Å². The van der Waals surface area contributed by atoms with E-state index in [9.17, 15) is 25.0 Å². The molecule has 0 heterocycles. The van der Waals surface area contributed by atoms with Crippen LogP contribution in [0.25, 0.3) is 0 Å². The van der Waals surface area contributed by atoms with E-state index in [1.165, 1.54) is 12.2 Å². The standard InChI is InChI=1S/C22H27N2O5/c1-2-3-4-5-6-7-8-9-10-11-12-13-14-15-16-17-18-19-20-22(21-25,23(26)27)24(28)29/h3-4,6-7,9-16,18-19H,2,5,8,17,20H2,1H3/b4-3+,7-6+,10-9+,12-11+,14-13+,16-15+,19-18+. The van der Waals surface area contributed by atoms with Crippen LogP contribution in [-0.2, 0) is 4.79 Å². The van der Waals surface area contributed by atoms with Crippen molar-refractivity contribution in [2.75, 3.05) is 0 Å². The van der Waals surface area contributed by atoms with Crippen LogP contribution in [0.2, 0.25) is 0 Å². The molecule has 0 unspecified atom stereocenters. The minimum absolute atomic E-state index is 0.429. The van der Waals surface area contributed by atoms with E-state index in [0.717, 1.165) is 25.5 Å². The van der Waals surface area contributed by atoms with E-state index in [-0.39, 0.29) is 0 Å². The summed E-state index contributed by atoms with van der Waals surface area (Å²) in [6.45, 7) is 2.11. The Morgan fingerprint density at radius 3 is 1.55 bits per heavy atom. The number of nitrogens with zero attached hydrogens (tertiary/aromatic N) is 2. The predicted molar refractivity (Wildman–Crippen MR) is 115 cm³/mol. The molecule has 0 aromatic carbocycles. The average Bonchev–Trinajstić information content (AvgIpc) is 2.69. The zero-order valence-corrected chi connectivity index (χ0v) is 16.6. The summed E-state index contributed by atoms with van der Waals surface area (Å²) in [5.74, 6) is 0. The molecule has 0 atom stereocenters. The quantitative estimate of drug-likeness (QED) is 0.124. The largest absolute Gasteiger partial charge is 0.527 e. The monoisotopic (exact) mass is 399 g/mol. The van der Waals surface area contributed by atoms with Crippen molar-refractivity contribution in [3.05, 3.63) is 105 Å². The summed E-state index contributed by atoms with van der Waals surface area (Å²) in [4.78, 5) is 29.6. The van der Waals surface area contributed by atoms with Crippen molar-refractivity contribution in [3.8, 4) is 0 Å². The van der Waals surface area contributed by atoms with Gasteiger partial charge in [-0.05, 0) is 25.7 Å². The Labute approximate surface area is 171 Å². The number of hydrogen-bond donors (Lipinski definition) is 0. The van der Waals surface area contributed by atoms with Gasteiger partial charge in [0.15, 0.2) is 0 Å². The molecule has 0 aliphatic rings. The van der Waals surface area contributed by atoms with Crippen LogP contribution in [0.5, 0.6) is 0 Å². The van der Waals surface area contributed by atoms with Gasteiger partial charge in [0.25, 0.3) is 0 Å². The van der Waals surface area contributed by atoms with E-state index in [1.54, 1.807) is 12.2 Å². The van der Waals surface area contributed by atoms with Crippen molar-refractivity contribution in [1.29, 1.82) is 0 Å². The fraction of sp³-hybridized carbons (Fsp3) is 0.318. The van der Waals surface area contributed by atoms with Gasteiger partial charge in [0.05, 0.1) is 0 Å². The van der Waals surface area contributed by atoms with Gasteiger partial charge < -0.3 is 0 Å². The van der Waals surface area contributed by atoms with Crippen LogP contribution in [0.1, 0.15) is 39.0 Å². The highest BCUT2D eigenvalue weighted by molar-refractivity contribution is 5.60. The third-order valence-electron chi connectivity index (χ3n) is 3.55. The van der Waals surface area contributed by atoms with Crippen molar-refractivity contribution in [3.63, 3.8) is 0 Å². The Kier molecular flexibility index (Phi) is 14.9. The molecule has 0 saturated heterocycles. The van der Waals surface area contributed by atoms with Crippen LogP contribution in [0.15, 0.2) is 85.1 Å². The van der Waals surface area contributed by atoms with Crippen LogP contribution in [0.3, 0.4) is 0 Å². The van der Waals surface area contributed by atoms with Crippen molar-refractivity contribution >= 4 is 6.29 Å². The van der Waals surface area contributed by atoms with Crippen LogP contribution in [0.4, 0.5) is 0 Å². The molecule has 0 aromatic rings. The number of nitro groups is 2. The second kappa shape index (κ2) is 16.8. The second-order valence-electron chi connectivity index (χ2n) is 5.79. The van der Waals surface area contributed by atoms with Gasteiger partial charge in [-0.3, -0.25) is 25.0 Å². The zero-order valence-electron chi connectivity index (χ0n) is 16.6. The molecular weight excluding hydrogens is 372 g/mol. The number of hydrogen-bond acceptors (Lipinski definition) is 5. The highest BCUT2D eigenvalue weighted by atomic mass is 16.7. The maximum absolute atomic E-state index is 10.7. The molecule has 0 amide bonds. The first kappa shape index (κ1) is 25.6. The van der Waals surface area contributed by atoms with Crippen molar-refractivity contribution in [1.82, 2.24) is 0 Å². The molecule has 7 nitrogen and oxygen atoms in total. The van der Waals surface area contributed by atoms with E-state index in [1.807, 2.05) is 30.4 Å². The summed E-state index contributed by atoms with van der Waals surface area (Å²) in [5.41, 5.74) is -2.93. The molecule has 0 fully saturated rings. The molecule has 0 spiro atoms. The van der Waals surface area contributed by atoms with Gasteiger partial charge >= 0.3 is 11.9 Å². The molecule has 29 heavy (non-hydrogen) atoms. The van der Waals surface area contributed by atoms with E-state index in [0.29, 0.717) is 6.42 Å². The first-order valence-corrected chi connectivity index (χ1v) is 9.29. The first-order valence-electron chi connectivity index (χ1n) is 9.29. The maximum Gasteiger partial charge on any atom is 0.527 e. The van der Waals surface area contributed by atoms with Gasteiger partial charge in [-0.1, -0.05) is 92.0 Å². The Bertz CT molecular complexity index is 699. The lowest BCUT2D eigenvalue weighted by molar-refractivity contribution is -0.770. The summed E-state index contributed by atoms with van der Waals surface area (Å²) in [7, 11) is 0. The van der Waals surface area contributed by atoms with Crippen LogP contribution < -0.4 is 0 Å². The molecule has 7 heteroatoms. The predicted octanol–water partition coefficient (Wildman–Crippen LogP) is 5.21. The number of allylic oxidation sites excluding steroid dienone is 13. The Morgan fingerprint density at radius 1 is 0.690 bits per heavy atom. The molecule has 0 saturated carbocycles. The van der Waals surface area contributed by atoms with Gasteiger partial charge in [0, 0.05) is 0 Å². The zero-order chi connectivity index (χ0) is 21.8. The summed E-state index contributed by atoms with van der Waals surface area (Å²) < 4.78 is 0. The Hall–Kier alpha value is -3.35. The SMILES string of the molecule is CC/C=C/C/C=C/C/C=C/C=C/C=C/C=C/C/C=C/CC([C]=O)([N+](=O)[O-])[N+](=O)[O-]. The third-order valence-corrected chi connectivity index (χ3v) is 3.55. The van der Waals surface area contributed by atoms with Crippen LogP contribution in [-0.4, -0.2) is 21.8 Å². The number of carbonyl (C=O) groups excluding carboxylic acids is 1. The summed E-state index contributed by atoms with van der Waals surface area (Å²) in [6, 6.07) is 0. The lowest BCUT2D eigenvalue weighted by atomic mass is 10.1. The smallest absolute Gasteiger partial charge is 0.273 e.